The molecule has 0 saturated carbocycles. The summed E-state index contributed by atoms with van der Waals surface area (Å²) < 4.78 is 5.02. The van der Waals surface area contributed by atoms with E-state index in [-0.39, 0.29) is 19.0 Å². The second-order valence-electron chi connectivity index (χ2n) is 3.84. The monoisotopic (exact) mass is 234 g/mol. The van der Waals surface area contributed by atoms with Crippen molar-refractivity contribution in [1.82, 2.24) is 4.90 Å². The Morgan fingerprint density at radius 1 is 1.24 bits per heavy atom. The third-order valence-electron chi connectivity index (χ3n) is 2.62. The summed E-state index contributed by atoms with van der Waals surface area (Å²) in [6.45, 7) is 0.460. The molecule has 5 nitrogen and oxygen atoms in total. The van der Waals surface area contributed by atoms with Crippen molar-refractivity contribution in [2.75, 3.05) is 13.1 Å². The highest BCUT2D eigenvalue weighted by molar-refractivity contribution is 6.00. The quantitative estimate of drug-likeness (QED) is 0.825. The summed E-state index contributed by atoms with van der Waals surface area (Å²) in [6.07, 6.45) is -0.898. The molecule has 5 heteroatoms. The standard InChI is InChI=1S/C12H14N2O3/c13-6-7-14-11(15)10(17-12(14)16)8-9-4-2-1-3-5-9/h1-5,10H,6-8,13H2/t10-/m1/s1. The molecule has 1 aromatic carbocycles. The maximum Gasteiger partial charge on any atom is 0.417 e. The fraction of sp³-hybridized carbons (Fsp3) is 0.333. The molecular weight excluding hydrogens is 220 g/mol. The number of rotatable bonds is 4. The fourth-order valence-electron chi connectivity index (χ4n) is 1.79. The first kappa shape index (κ1) is 11.6. The molecule has 0 aliphatic carbocycles. The summed E-state index contributed by atoms with van der Waals surface area (Å²) in [6, 6.07) is 9.45. The number of carbonyl (C=O) groups excluding carboxylic acids is 2. The minimum absolute atomic E-state index is 0.211. The van der Waals surface area contributed by atoms with Gasteiger partial charge in [-0.25, -0.2) is 9.69 Å². The van der Waals surface area contributed by atoms with Gasteiger partial charge in [-0.3, -0.25) is 4.79 Å². The van der Waals surface area contributed by atoms with Crippen LogP contribution in [0.1, 0.15) is 5.56 Å². The van der Waals surface area contributed by atoms with Crippen molar-refractivity contribution in [3.8, 4) is 0 Å². The number of imide groups is 1. The van der Waals surface area contributed by atoms with Crippen LogP contribution in [0.15, 0.2) is 30.3 Å². The van der Waals surface area contributed by atoms with Gasteiger partial charge in [0.2, 0.25) is 0 Å². The molecular formula is C12H14N2O3. The normalized spacial score (nSPS) is 19.6. The molecule has 17 heavy (non-hydrogen) atoms. The summed E-state index contributed by atoms with van der Waals surface area (Å²) in [5.41, 5.74) is 6.30. The number of ether oxygens (including phenoxy) is 1. The molecule has 1 saturated heterocycles. The Bertz CT molecular complexity index is 419. The van der Waals surface area contributed by atoms with Gasteiger partial charge < -0.3 is 10.5 Å². The van der Waals surface area contributed by atoms with Crippen LogP contribution in [-0.2, 0) is 16.0 Å². The summed E-state index contributed by atoms with van der Waals surface area (Å²) in [7, 11) is 0. The number of cyclic esters (lactones) is 1. The number of hydrogen-bond acceptors (Lipinski definition) is 4. The lowest BCUT2D eigenvalue weighted by atomic mass is 10.1. The second kappa shape index (κ2) is 4.97. The highest BCUT2D eigenvalue weighted by Crippen LogP contribution is 2.16. The molecule has 0 spiro atoms. The maximum atomic E-state index is 11.8. The number of nitrogens with zero attached hydrogens (tertiary/aromatic N) is 1. The molecule has 1 heterocycles. The Kier molecular flexibility index (Phi) is 3.39. The highest BCUT2D eigenvalue weighted by Gasteiger charge is 2.39. The molecule has 1 aliphatic heterocycles. The summed E-state index contributed by atoms with van der Waals surface area (Å²) in [5, 5.41) is 0. The molecule has 0 unspecified atom stereocenters. The maximum absolute atomic E-state index is 11.8. The lowest BCUT2D eigenvalue weighted by Crippen LogP contribution is -2.36. The van der Waals surface area contributed by atoms with E-state index < -0.39 is 12.2 Å². The molecule has 1 fully saturated rings. The van der Waals surface area contributed by atoms with Gasteiger partial charge >= 0.3 is 6.09 Å². The first-order chi connectivity index (χ1) is 8.22. The van der Waals surface area contributed by atoms with E-state index in [1.807, 2.05) is 30.3 Å². The van der Waals surface area contributed by atoms with E-state index >= 15 is 0 Å². The van der Waals surface area contributed by atoms with Crippen LogP contribution in [0, 0.1) is 0 Å². The zero-order chi connectivity index (χ0) is 12.3. The lowest BCUT2D eigenvalue weighted by molar-refractivity contribution is -0.129. The van der Waals surface area contributed by atoms with Crippen molar-refractivity contribution in [1.29, 1.82) is 0 Å². The molecule has 90 valence electrons. The number of carbonyl (C=O) groups is 2. The number of amides is 2. The van der Waals surface area contributed by atoms with Gasteiger partial charge in [-0.2, -0.15) is 0 Å². The Hall–Kier alpha value is -1.88. The Morgan fingerprint density at radius 2 is 1.94 bits per heavy atom. The zero-order valence-corrected chi connectivity index (χ0v) is 9.33. The van der Waals surface area contributed by atoms with E-state index in [1.54, 1.807) is 0 Å². The molecule has 2 amide bonds. The van der Waals surface area contributed by atoms with Gasteiger partial charge in [0.25, 0.3) is 5.91 Å². The van der Waals surface area contributed by atoms with Crippen LogP contribution in [0.4, 0.5) is 4.79 Å². The second-order valence-corrected chi connectivity index (χ2v) is 3.84. The van der Waals surface area contributed by atoms with Crippen molar-refractivity contribution < 1.29 is 14.3 Å². The van der Waals surface area contributed by atoms with Gasteiger partial charge in [-0.15, -0.1) is 0 Å². The van der Waals surface area contributed by atoms with Crippen LogP contribution >= 0.6 is 0 Å². The molecule has 2 rings (SSSR count). The van der Waals surface area contributed by atoms with Crippen LogP contribution in [-0.4, -0.2) is 36.1 Å². The van der Waals surface area contributed by atoms with Gasteiger partial charge in [0.15, 0.2) is 6.10 Å². The molecule has 2 N–H and O–H groups in total. The van der Waals surface area contributed by atoms with E-state index in [1.165, 1.54) is 0 Å². The third-order valence-corrected chi connectivity index (χ3v) is 2.62. The van der Waals surface area contributed by atoms with Crippen LogP contribution in [0.25, 0.3) is 0 Å². The van der Waals surface area contributed by atoms with E-state index in [0.717, 1.165) is 10.5 Å². The average Bonchev–Trinajstić information content (AvgIpc) is 2.59. The fourth-order valence-corrected chi connectivity index (χ4v) is 1.79. The van der Waals surface area contributed by atoms with Crippen molar-refractivity contribution >= 4 is 12.0 Å². The van der Waals surface area contributed by atoms with Gasteiger partial charge in [0.05, 0.1) is 0 Å². The predicted molar refractivity (Wildman–Crippen MR) is 61.2 cm³/mol. The number of benzene rings is 1. The third kappa shape index (κ3) is 2.45. The van der Waals surface area contributed by atoms with Crippen molar-refractivity contribution in [3.63, 3.8) is 0 Å². The predicted octanol–water partition coefficient (Wildman–Crippen LogP) is 0.535. The Morgan fingerprint density at radius 3 is 2.59 bits per heavy atom. The molecule has 1 aromatic rings. The molecule has 0 radical (unpaired) electrons. The zero-order valence-electron chi connectivity index (χ0n) is 9.33. The first-order valence-corrected chi connectivity index (χ1v) is 5.48. The van der Waals surface area contributed by atoms with Gasteiger partial charge in [0, 0.05) is 19.5 Å². The number of nitrogens with two attached hydrogens (primary N) is 1. The van der Waals surface area contributed by atoms with Crippen LogP contribution in [0.3, 0.4) is 0 Å². The number of hydrogen-bond donors (Lipinski definition) is 1. The van der Waals surface area contributed by atoms with Gasteiger partial charge in [-0.1, -0.05) is 30.3 Å². The minimum atomic E-state index is -0.712. The topological polar surface area (TPSA) is 72.6 Å². The molecule has 1 atom stereocenters. The Labute approximate surface area is 99.2 Å². The summed E-state index contributed by atoms with van der Waals surface area (Å²) in [4.78, 5) is 24.3. The smallest absolute Gasteiger partial charge is 0.417 e. The van der Waals surface area contributed by atoms with Crippen molar-refractivity contribution in [3.05, 3.63) is 35.9 Å². The van der Waals surface area contributed by atoms with Crippen LogP contribution in [0.5, 0.6) is 0 Å². The van der Waals surface area contributed by atoms with E-state index in [0.29, 0.717) is 6.42 Å². The highest BCUT2D eigenvalue weighted by atomic mass is 16.6. The van der Waals surface area contributed by atoms with Crippen LogP contribution in [0.2, 0.25) is 0 Å². The average molecular weight is 234 g/mol. The van der Waals surface area contributed by atoms with Gasteiger partial charge in [-0.05, 0) is 5.56 Å². The summed E-state index contributed by atoms with van der Waals surface area (Å²) in [5.74, 6) is -0.302. The molecule has 1 aliphatic rings. The van der Waals surface area contributed by atoms with E-state index in [2.05, 4.69) is 0 Å². The van der Waals surface area contributed by atoms with E-state index in [9.17, 15) is 9.59 Å². The van der Waals surface area contributed by atoms with Crippen LogP contribution < -0.4 is 5.73 Å². The van der Waals surface area contributed by atoms with E-state index in [4.69, 9.17) is 10.5 Å². The largest absolute Gasteiger partial charge is 0.435 e. The first-order valence-electron chi connectivity index (χ1n) is 5.48. The molecule has 0 aromatic heterocycles. The minimum Gasteiger partial charge on any atom is -0.435 e. The Balaban J connectivity index is 2.04. The lowest BCUT2D eigenvalue weighted by Gasteiger charge is -2.08. The van der Waals surface area contributed by atoms with Gasteiger partial charge in [0.1, 0.15) is 0 Å². The van der Waals surface area contributed by atoms with Crippen molar-refractivity contribution in [2.45, 2.75) is 12.5 Å². The van der Waals surface area contributed by atoms with Crippen molar-refractivity contribution in [2.24, 2.45) is 5.73 Å². The molecule has 0 bridgehead atoms. The SMILES string of the molecule is NCCN1C(=O)O[C@H](Cc2ccccc2)C1=O. The summed E-state index contributed by atoms with van der Waals surface area (Å²) >= 11 is 0.